The lowest BCUT2D eigenvalue weighted by Crippen LogP contribution is -2.23. The zero-order valence-electron chi connectivity index (χ0n) is 16.3. The fourth-order valence-electron chi connectivity index (χ4n) is 3.40. The molecule has 1 aromatic heterocycles. The number of ether oxygens (including phenoxy) is 1. The van der Waals surface area contributed by atoms with E-state index in [0.29, 0.717) is 24.5 Å². The first-order chi connectivity index (χ1) is 14.6. The molecule has 1 amide bonds. The summed E-state index contributed by atoms with van der Waals surface area (Å²) in [4.78, 5) is 20.6. The van der Waals surface area contributed by atoms with Gasteiger partial charge in [0.2, 0.25) is 5.91 Å². The van der Waals surface area contributed by atoms with Crippen LogP contribution in [0.1, 0.15) is 29.0 Å². The zero-order valence-corrected chi connectivity index (χ0v) is 16.3. The van der Waals surface area contributed by atoms with Crippen molar-refractivity contribution in [2.45, 2.75) is 18.9 Å². The van der Waals surface area contributed by atoms with Crippen molar-refractivity contribution in [2.24, 2.45) is 0 Å². The van der Waals surface area contributed by atoms with Crippen molar-refractivity contribution in [1.29, 1.82) is 0 Å². The number of carbonyl (C=O) groups excluding carboxylic acids is 1. The fourth-order valence-corrected chi connectivity index (χ4v) is 3.40. The number of benzene rings is 2. The maximum atomic E-state index is 12.2. The number of fused-ring (bicyclic) bond motifs is 1. The quantitative estimate of drug-likeness (QED) is 0.539. The van der Waals surface area contributed by atoms with E-state index in [0.717, 1.165) is 16.7 Å². The molecular weight excluding hydrogens is 386 g/mol. The Morgan fingerprint density at radius 1 is 1.20 bits per heavy atom. The lowest BCUT2D eigenvalue weighted by Gasteiger charge is -2.22. The van der Waals surface area contributed by atoms with Crippen molar-refractivity contribution in [3.05, 3.63) is 77.5 Å². The summed E-state index contributed by atoms with van der Waals surface area (Å²) in [5.41, 5.74) is 3.16. The van der Waals surface area contributed by atoms with E-state index < -0.39 is 0 Å². The highest BCUT2D eigenvalue weighted by Gasteiger charge is 2.29. The van der Waals surface area contributed by atoms with Crippen LogP contribution in [-0.4, -0.2) is 45.6 Å². The van der Waals surface area contributed by atoms with Crippen molar-refractivity contribution in [1.82, 2.24) is 9.78 Å². The Balaban J connectivity index is 0.000000806. The second-order valence-electron chi connectivity index (χ2n) is 6.67. The molecule has 0 saturated heterocycles. The first-order valence-electron chi connectivity index (χ1n) is 9.47. The minimum absolute atomic E-state index is 0.0353. The van der Waals surface area contributed by atoms with Gasteiger partial charge in [0, 0.05) is 24.1 Å². The maximum Gasteiger partial charge on any atom is 0.290 e. The average Bonchev–Trinajstić information content (AvgIpc) is 3.15. The van der Waals surface area contributed by atoms with E-state index in [1.807, 2.05) is 53.3 Å². The molecule has 1 unspecified atom stereocenters. The van der Waals surface area contributed by atoms with Crippen LogP contribution in [0.2, 0.25) is 0 Å². The van der Waals surface area contributed by atoms with Crippen molar-refractivity contribution in [2.75, 3.05) is 18.5 Å². The normalized spacial score (nSPS) is 14.7. The lowest BCUT2D eigenvalue weighted by molar-refractivity contribution is -0.123. The van der Waals surface area contributed by atoms with Gasteiger partial charge in [0.25, 0.3) is 6.47 Å². The Kier molecular flexibility index (Phi) is 7.18. The summed E-state index contributed by atoms with van der Waals surface area (Å²) in [5, 5.41) is 23.3. The van der Waals surface area contributed by atoms with E-state index in [2.05, 4.69) is 22.5 Å². The molecule has 0 fully saturated rings. The van der Waals surface area contributed by atoms with Crippen LogP contribution >= 0.6 is 0 Å². The second-order valence-corrected chi connectivity index (χ2v) is 6.67. The second kappa shape index (κ2) is 10.2. The van der Waals surface area contributed by atoms with E-state index in [-0.39, 0.29) is 31.5 Å². The van der Waals surface area contributed by atoms with Crippen molar-refractivity contribution >= 4 is 18.2 Å². The predicted octanol–water partition coefficient (Wildman–Crippen LogP) is 2.48. The molecule has 4 rings (SSSR count). The molecule has 1 atom stereocenters. The van der Waals surface area contributed by atoms with Gasteiger partial charge in [-0.15, -0.1) is 0 Å². The largest absolute Gasteiger partial charge is 0.491 e. The molecule has 0 aliphatic carbocycles. The van der Waals surface area contributed by atoms with Crippen molar-refractivity contribution < 1.29 is 24.5 Å². The smallest absolute Gasteiger partial charge is 0.290 e. The Hall–Kier alpha value is -3.65. The van der Waals surface area contributed by atoms with Gasteiger partial charge >= 0.3 is 0 Å². The molecule has 0 radical (unpaired) electrons. The third-order valence-electron chi connectivity index (χ3n) is 4.62. The van der Waals surface area contributed by atoms with Gasteiger partial charge in [0.1, 0.15) is 12.4 Å². The van der Waals surface area contributed by atoms with Gasteiger partial charge in [-0.1, -0.05) is 42.5 Å². The van der Waals surface area contributed by atoms with E-state index in [1.54, 1.807) is 0 Å². The average molecular weight is 409 g/mol. The van der Waals surface area contributed by atoms with Crippen molar-refractivity contribution in [3.8, 4) is 5.75 Å². The van der Waals surface area contributed by atoms with Gasteiger partial charge in [-0.3, -0.25) is 14.3 Å². The summed E-state index contributed by atoms with van der Waals surface area (Å²) in [6.07, 6.45) is 2.38. The molecule has 0 saturated carbocycles. The van der Waals surface area contributed by atoms with Gasteiger partial charge in [-0.05, 0) is 23.3 Å². The highest BCUT2D eigenvalue weighted by Crippen LogP contribution is 2.37. The summed E-state index contributed by atoms with van der Waals surface area (Å²) in [7, 11) is 0. The van der Waals surface area contributed by atoms with Crippen molar-refractivity contribution in [3.63, 3.8) is 0 Å². The fraction of sp³-hybridized carbons (Fsp3) is 0.227. The van der Waals surface area contributed by atoms with E-state index in [4.69, 9.17) is 19.7 Å². The van der Waals surface area contributed by atoms with Crippen LogP contribution in [0.5, 0.6) is 5.75 Å². The first kappa shape index (κ1) is 21.1. The molecule has 8 nitrogen and oxygen atoms in total. The summed E-state index contributed by atoms with van der Waals surface area (Å²) >= 11 is 0. The number of nitrogens with zero attached hydrogens (tertiary/aromatic N) is 2. The zero-order chi connectivity index (χ0) is 21.3. The third-order valence-corrected chi connectivity index (χ3v) is 4.62. The van der Waals surface area contributed by atoms with Crippen LogP contribution in [0, 0.1) is 0 Å². The van der Waals surface area contributed by atoms with E-state index in [9.17, 15) is 4.79 Å². The number of carboxylic acid groups (broad SMARTS) is 1. The molecule has 3 N–H and O–H groups in total. The molecule has 156 valence electrons. The number of aromatic nitrogens is 2. The third kappa shape index (κ3) is 5.24. The SMILES string of the molecule is O=C1CC(c2cccc(OCCO)c2)c2cn(Cc3ccccc3)nc2N1.O=CO. The number of amides is 1. The summed E-state index contributed by atoms with van der Waals surface area (Å²) in [6, 6.07) is 17.8. The van der Waals surface area contributed by atoms with Crippen LogP contribution in [0.15, 0.2) is 60.8 Å². The molecule has 3 aromatic rings. The number of nitrogens with one attached hydrogen (secondary N) is 1. The summed E-state index contributed by atoms with van der Waals surface area (Å²) < 4.78 is 7.38. The van der Waals surface area contributed by atoms with Crippen LogP contribution in [-0.2, 0) is 16.1 Å². The molecule has 2 heterocycles. The lowest BCUT2D eigenvalue weighted by atomic mass is 9.87. The Labute approximate surface area is 173 Å². The van der Waals surface area contributed by atoms with Gasteiger partial charge < -0.3 is 20.3 Å². The molecule has 8 heteroatoms. The Morgan fingerprint density at radius 2 is 1.97 bits per heavy atom. The number of anilines is 1. The molecule has 1 aliphatic rings. The molecule has 0 bridgehead atoms. The molecule has 1 aliphatic heterocycles. The van der Waals surface area contributed by atoms with Crippen LogP contribution < -0.4 is 10.1 Å². The number of carbonyl (C=O) groups is 2. The van der Waals surface area contributed by atoms with Gasteiger partial charge in [0.15, 0.2) is 5.82 Å². The number of aliphatic hydroxyl groups is 1. The van der Waals surface area contributed by atoms with Gasteiger partial charge in [0.05, 0.1) is 13.2 Å². The van der Waals surface area contributed by atoms with Gasteiger partial charge in [-0.2, -0.15) is 5.10 Å². The van der Waals surface area contributed by atoms with E-state index in [1.165, 1.54) is 0 Å². The molecule has 30 heavy (non-hydrogen) atoms. The highest BCUT2D eigenvalue weighted by molar-refractivity contribution is 5.94. The van der Waals surface area contributed by atoms with E-state index >= 15 is 0 Å². The molecular formula is C22H23N3O5. The standard InChI is InChI=1S/C21H21N3O3.CH2O2/c25-9-10-27-17-8-4-7-16(11-17)18-12-20(26)22-21-19(18)14-24(23-21)13-15-5-2-1-3-6-15;2-1-3/h1-8,11,14,18,25H,9-10,12-13H2,(H,22,23,26);1H,(H,2,3). The van der Waals surface area contributed by atoms with Crippen LogP contribution in [0.3, 0.4) is 0 Å². The first-order valence-corrected chi connectivity index (χ1v) is 9.47. The number of hydrogen-bond acceptors (Lipinski definition) is 5. The molecule has 2 aromatic carbocycles. The topological polar surface area (TPSA) is 114 Å². The van der Waals surface area contributed by atoms with Gasteiger partial charge in [-0.25, -0.2) is 0 Å². The minimum atomic E-state index is -0.250. The minimum Gasteiger partial charge on any atom is -0.491 e. The monoisotopic (exact) mass is 409 g/mol. The Bertz CT molecular complexity index is 987. The number of aliphatic hydroxyl groups excluding tert-OH is 1. The molecule has 0 spiro atoms. The highest BCUT2D eigenvalue weighted by atomic mass is 16.5. The maximum absolute atomic E-state index is 12.2. The van der Waals surface area contributed by atoms with Crippen LogP contribution in [0.4, 0.5) is 5.82 Å². The van der Waals surface area contributed by atoms with Crippen LogP contribution in [0.25, 0.3) is 0 Å². The number of rotatable bonds is 6. The number of hydrogen-bond donors (Lipinski definition) is 3. The Morgan fingerprint density at radius 3 is 2.70 bits per heavy atom. The predicted molar refractivity (Wildman–Crippen MR) is 111 cm³/mol. The summed E-state index contributed by atoms with van der Waals surface area (Å²) in [5.74, 6) is 1.19. The summed E-state index contributed by atoms with van der Waals surface area (Å²) in [6.45, 7) is 0.609.